The predicted molar refractivity (Wildman–Crippen MR) is 179 cm³/mol. The van der Waals surface area contributed by atoms with Gasteiger partial charge in [-0.3, -0.25) is 9.67 Å². The van der Waals surface area contributed by atoms with Crippen molar-refractivity contribution in [3.05, 3.63) is 71.4 Å². The minimum Gasteiger partial charge on any atom is -0.444 e. The number of carbonyl (C=O) groups is 1. The molecule has 0 bridgehead atoms. The highest BCUT2D eigenvalue weighted by Gasteiger charge is 2.32. The molecule has 1 unspecified atom stereocenters. The van der Waals surface area contributed by atoms with E-state index < -0.39 is 23.8 Å². The van der Waals surface area contributed by atoms with Crippen molar-refractivity contribution in [3.8, 4) is 11.4 Å². The summed E-state index contributed by atoms with van der Waals surface area (Å²) in [5.74, 6) is 0.610. The number of amides is 1. The van der Waals surface area contributed by atoms with Gasteiger partial charge in [-0.05, 0) is 72.6 Å². The summed E-state index contributed by atoms with van der Waals surface area (Å²) >= 11 is 8.32. The van der Waals surface area contributed by atoms with Gasteiger partial charge >= 0.3 is 12.5 Å². The molecular formula is C28H30ClF3IN10O3P. The molecule has 5 rings (SSSR count). The van der Waals surface area contributed by atoms with Crippen LogP contribution in [-0.2, 0) is 24.1 Å². The Hall–Kier alpha value is -3.70. The molecule has 0 aliphatic rings. The molecule has 0 aliphatic heterocycles. The van der Waals surface area contributed by atoms with Crippen molar-refractivity contribution < 1.29 is 27.4 Å². The molecule has 2 N–H and O–H groups in total. The number of benzene rings is 2. The number of aromatic nitrogens is 8. The average molecular weight is 805 g/mol. The van der Waals surface area contributed by atoms with Crippen molar-refractivity contribution in [3.63, 3.8) is 0 Å². The second kappa shape index (κ2) is 14.6. The Labute approximate surface area is 286 Å². The van der Waals surface area contributed by atoms with E-state index in [-0.39, 0.29) is 18.1 Å². The highest BCUT2D eigenvalue weighted by molar-refractivity contribution is 14.2. The quantitative estimate of drug-likeness (QED) is 0.104. The van der Waals surface area contributed by atoms with Gasteiger partial charge in [0.15, 0.2) is 5.82 Å². The first-order chi connectivity index (χ1) is 22.3. The monoisotopic (exact) mass is 804 g/mol. The van der Waals surface area contributed by atoms with Crippen molar-refractivity contribution in [1.29, 1.82) is 0 Å². The predicted octanol–water partition coefficient (Wildman–Crippen LogP) is 6.71. The van der Waals surface area contributed by atoms with Crippen LogP contribution in [0.25, 0.3) is 16.6 Å². The van der Waals surface area contributed by atoms with Gasteiger partial charge in [0, 0.05) is 43.5 Å². The lowest BCUT2D eigenvalue weighted by molar-refractivity contribution is -0.274. The minimum atomic E-state index is -4.88. The molecule has 5 aromatic rings. The number of nitrogens with zero attached hydrogens (tertiary/aromatic N) is 8. The van der Waals surface area contributed by atoms with Crippen LogP contribution in [0.3, 0.4) is 0 Å². The smallest absolute Gasteiger partial charge is 0.444 e. The van der Waals surface area contributed by atoms with Gasteiger partial charge in [0.25, 0.3) is 0 Å². The Morgan fingerprint density at radius 1 is 1.15 bits per heavy atom. The van der Waals surface area contributed by atoms with Crippen molar-refractivity contribution in [2.45, 2.75) is 52.1 Å². The van der Waals surface area contributed by atoms with Crippen LogP contribution in [0.15, 0.2) is 49.2 Å². The highest BCUT2D eigenvalue weighted by Crippen LogP contribution is 2.34. The lowest BCUT2D eigenvalue weighted by atomic mass is 10.2. The molecule has 0 saturated heterocycles. The maximum atomic E-state index is 13.0. The normalized spacial score (nSPS) is 12.3. The van der Waals surface area contributed by atoms with E-state index in [1.807, 2.05) is 27.3 Å². The van der Waals surface area contributed by atoms with Crippen molar-refractivity contribution in [1.82, 2.24) is 44.4 Å². The first-order valence-corrected chi connectivity index (χ1v) is 18.6. The summed E-state index contributed by atoms with van der Waals surface area (Å²) in [5, 5.41) is 23.8. The molecule has 0 aliphatic carbocycles. The number of alkyl halides is 3. The minimum absolute atomic E-state index is 0.0272. The Morgan fingerprint density at radius 3 is 2.60 bits per heavy atom. The van der Waals surface area contributed by atoms with E-state index in [1.54, 1.807) is 33.4 Å². The number of hydrogen-bond donors (Lipinski definition) is 2. The van der Waals surface area contributed by atoms with Crippen LogP contribution in [-0.4, -0.2) is 75.5 Å². The van der Waals surface area contributed by atoms with Crippen LogP contribution in [0.1, 0.15) is 38.0 Å². The van der Waals surface area contributed by atoms with Crippen molar-refractivity contribution in [2.24, 2.45) is 0 Å². The van der Waals surface area contributed by atoms with Crippen LogP contribution in [0, 0.1) is 0 Å². The summed E-state index contributed by atoms with van der Waals surface area (Å²) in [7, 11) is 0. The Morgan fingerprint density at radius 2 is 1.91 bits per heavy atom. The SMILES string of the molecule is CC(C)(C)OC(=O)N(CCc1n[nH]c(CCNc2cc(-n3cnnc3)cc3c2cnn3PI)n1)Cc1ccc(OC(F)(F)F)c(Cl)c1. The van der Waals surface area contributed by atoms with Gasteiger partial charge in [0.1, 0.15) is 29.8 Å². The number of fused-ring (bicyclic) bond motifs is 1. The second-order valence-electron chi connectivity index (χ2n) is 11.3. The molecule has 13 nitrogen and oxygen atoms in total. The third-order valence-electron chi connectivity index (χ3n) is 6.58. The number of aromatic amines is 1. The molecule has 250 valence electrons. The molecular weight excluding hydrogens is 775 g/mol. The van der Waals surface area contributed by atoms with Crippen molar-refractivity contribution in [2.75, 3.05) is 18.4 Å². The molecule has 0 radical (unpaired) electrons. The van der Waals surface area contributed by atoms with Crippen LogP contribution in [0.5, 0.6) is 5.75 Å². The number of ether oxygens (including phenoxy) is 2. The van der Waals surface area contributed by atoms with E-state index >= 15 is 0 Å². The van der Waals surface area contributed by atoms with Gasteiger partial charge in [-0.25, -0.2) is 14.2 Å². The van der Waals surface area contributed by atoms with Gasteiger partial charge in [0.05, 0.1) is 28.8 Å². The van der Waals surface area contributed by atoms with E-state index in [9.17, 15) is 18.0 Å². The molecule has 0 saturated carbocycles. The summed E-state index contributed by atoms with van der Waals surface area (Å²) in [4.78, 5) is 19.0. The number of carbonyl (C=O) groups excluding carboxylic acids is 1. The first kappa shape index (κ1) is 34.6. The number of H-pyrrole nitrogens is 1. The Balaban J connectivity index is 1.23. The number of halogens is 5. The summed E-state index contributed by atoms with van der Waals surface area (Å²) in [6.45, 7) is 5.98. The van der Waals surface area contributed by atoms with Crippen LogP contribution in [0.2, 0.25) is 5.02 Å². The van der Waals surface area contributed by atoms with Crippen LogP contribution in [0.4, 0.5) is 23.7 Å². The molecule has 47 heavy (non-hydrogen) atoms. The zero-order valence-electron chi connectivity index (χ0n) is 25.3. The van der Waals surface area contributed by atoms with Gasteiger partial charge in [-0.2, -0.15) is 10.2 Å². The third-order valence-corrected chi connectivity index (χ3v) is 8.76. The lowest BCUT2D eigenvalue weighted by Gasteiger charge is -2.27. The fourth-order valence-electron chi connectivity index (χ4n) is 4.55. The maximum Gasteiger partial charge on any atom is 0.573 e. The maximum absolute atomic E-state index is 13.0. The summed E-state index contributed by atoms with van der Waals surface area (Å²) in [6, 6.07) is 7.89. The molecule has 3 aromatic heterocycles. The van der Waals surface area contributed by atoms with E-state index in [0.717, 1.165) is 28.3 Å². The fourth-order valence-corrected chi connectivity index (χ4v) is 6.32. The standard InChI is InChI=1S/C28H30ClF3IN10O3P/c1-27(2,3)46-26(44)41(14-17-4-5-23(20(29)10-17)45-28(30,31)32)9-7-25-38-24(39-40-25)6-8-34-21-11-18(42-15-35-36-16-42)12-22-19(21)13-37-43(22)47-33/h4-5,10-13,15-16,34,47H,6-9,14H2,1-3H3,(H,38,39,40). The van der Waals surface area contributed by atoms with Gasteiger partial charge < -0.3 is 19.7 Å². The van der Waals surface area contributed by atoms with Crippen LogP contribution < -0.4 is 10.1 Å². The van der Waals surface area contributed by atoms with Gasteiger partial charge in [-0.1, -0.05) is 17.7 Å². The summed E-state index contributed by atoms with van der Waals surface area (Å²) < 4.78 is 51.2. The molecule has 1 amide bonds. The molecule has 1 atom stereocenters. The van der Waals surface area contributed by atoms with Gasteiger partial charge in [0.2, 0.25) is 0 Å². The second-order valence-corrected chi connectivity index (χ2v) is 13.7. The zero-order valence-corrected chi connectivity index (χ0v) is 29.3. The third kappa shape index (κ3) is 9.44. The number of hydrogen-bond acceptors (Lipinski definition) is 9. The van der Waals surface area contributed by atoms with Gasteiger partial charge in [-0.15, -0.1) is 23.4 Å². The number of rotatable bonds is 12. The Bertz CT molecular complexity index is 1830. The zero-order chi connectivity index (χ0) is 33.8. The number of nitrogens with one attached hydrogen (secondary N) is 2. The van der Waals surface area contributed by atoms with E-state index in [0.29, 0.717) is 43.0 Å². The lowest BCUT2D eigenvalue weighted by Crippen LogP contribution is -2.37. The highest BCUT2D eigenvalue weighted by atomic mass is 127. The summed E-state index contributed by atoms with van der Waals surface area (Å²) in [6.07, 6.45) is 0.888. The average Bonchev–Trinajstić information content (AvgIpc) is 3.76. The fraction of sp³-hybridized carbons (Fsp3) is 0.357. The largest absolute Gasteiger partial charge is 0.573 e. The van der Waals surface area contributed by atoms with Crippen molar-refractivity contribution >= 4 is 62.7 Å². The number of anilines is 1. The van der Waals surface area contributed by atoms with E-state index in [1.165, 1.54) is 17.0 Å². The molecule has 0 fully saturated rings. The molecule has 2 aromatic carbocycles. The van der Waals surface area contributed by atoms with Crippen LogP contribution >= 0.6 is 40.0 Å². The van der Waals surface area contributed by atoms with E-state index in [4.69, 9.17) is 16.3 Å². The molecule has 3 heterocycles. The first-order valence-electron chi connectivity index (χ1n) is 14.2. The molecule has 19 heteroatoms. The summed E-state index contributed by atoms with van der Waals surface area (Å²) in [5.41, 5.74) is 2.50. The molecule has 0 spiro atoms. The Kier molecular flexibility index (Phi) is 10.8. The van der Waals surface area contributed by atoms with E-state index in [2.05, 4.69) is 62.6 Å². The topological polar surface area (TPSA) is 141 Å².